The van der Waals surface area contributed by atoms with Crippen molar-refractivity contribution in [2.45, 2.75) is 0 Å². The average Bonchev–Trinajstić information content (AvgIpc) is 1.61. The van der Waals surface area contributed by atoms with Crippen molar-refractivity contribution < 1.29 is 8.83 Å². The number of fused-ring (bicyclic) bond motifs is 16. The monoisotopic (exact) mass is 1780 g/mol. The van der Waals surface area contributed by atoms with Crippen LogP contribution in [0.4, 0.5) is 102 Å². The Balaban J connectivity index is 0.000000145. The molecule has 0 aliphatic carbocycles. The zero-order chi connectivity index (χ0) is 89.2. The third kappa shape index (κ3) is 14.6. The second-order valence-electron chi connectivity index (χ2n) is 33.8. The molecule has 0 amide bonds. The van der Waals surface area contributed by atoms with Crippen LogP contribution in [0.5, 0.6) is 0 Å². The number of nitrogens with zero attached hydrogens (tertiary/aromatic N) is 6. The number of hydrogen-bond acceptors (Lipinski definition) is 11. The van der Waals surface area contributed by atoms with E-state index in [1.54, 1.807) is 0 Å². The molecule has 0 N–H and O–H groups in total. The molecule has 0 saturated heterocycles. The molecule has 26 aromatic rings. The van der Waals surface area contributed by atoms with Gasteiger partial charge in [0.1, 0.15) is 22.3 Å². The van der Waals surface area contributed by atoms with E-state index in [4.69, 9.17) is 8.83 Å². The average molecular weight is 1780 g/mol. The van der Waals surface area contributed by atoms with E-state index in [1.165, 1.54) is 82.5 Å². The van der Waals surface area contributed by atoms with E-state index in [2.05, 4.69) is 503 Å². The maximum absolute atomic E-state index is 6.39. The van der Waals surface area contributed by atoms with E-state index in [-0.39, 0.29) is 0 Å². The van der Waals surface area contributed by atoms with Gasteiger partial charge in [-0.25, -0.2) is 0 Å². The van der Waals surface area contributed by atoms with Crippen molar-refractivity contribution in [2.75, 3.05) is 29.4 Å². The summed E-state index contributed by atoms with van der Waals surface area (Å²) in [6.07, 6.45) is 0. The Labute approximate surface area is 792 Å². The van der Waals surface area contributed by atoms with E-state index in [1.807, 2.05) is 58.3 Å². The zero-order valence-electron chi connectivity index (χ0n) is 73.1. The van der Waals surface area contributed by atoms with Crippen molar-refractivity contribution in [1.29, 1.82) is 0 Å². The molecule has 638 valence electrons. The van der Waals surface area contributed by atoms with Crippen molar-refractivity contribution in [3.63, 3.8) is 0 Å². The smallest absolute Gasteiger partial charge is 0.135 e. The van der Waals surface area contributed by atoms with Gasteiger partial charge >= 0.3 is 0 Å². The van der Waals surface area contributed by atoms with Gasteiger partial charge in [0.15, 0.2) is 0 Å². The molecule has 5 aromatic heterocycles. The van der Waals surface area contributed by atoms with Gasteiger partial charge in [0, 0.05) is 158 Å². The summed E-state index contributed by atoms with van der Waals surface area (Å²) in [5, 5.41) is 14.3. The normalized spacial score (nSPS) is 11.6. The first-order valence-electron chi connectivity index (χ1n) is 45.5. The number of furan rings is 2. The molecule has 5 heterocycles. The molecular formula is C124H82N6O2S3. The highest BCUT2D eigenvalue weighted by Crippen LogP contribution is 2.54. The van der Waals surface area contributed by atoms with Gasteiger partial charge in [-0.15, -0.1) is 34.0 Å². The Morgan fingerprint density at radius 3 is 1.02 bits per heavy atom. The maximum Gasteiger partial charge on any atom is 0.135 e. The van der Waals surface area contributed by atoms with Crippen molar-refractivity contribution >= 4 is 252 Å². The molecule has 135 heavy (non-hydrogen) atoms. The van der Waals surface area contributed by atoms with E-state index < -0.39 is 0 Å². The lowest BCUT2D eigenvalue weighted by Crippen LogP contribution is -2.13. The third-order valence-corrected chi connectivity index (χ3v) is 29.3. The molecule has 0 unspecified atom stereocenters. The zero-order valence-corrected chi connectivity index (χ0v) is 75.5. The highest BCUT2D eigenvalue weighted by molar-refractivity contribution is 7.27. The van der Waals surface area contributed by atoms with Gasteiger partial charge in [-0.05, 0) is 241 Å². The van der Waals surface area contributed by atoms with Gasteiger partial charge in [-0.3, -0.25) is 0 Å². The third-order valence-electron chi connectivity index (χ3n) is 25.8. The quantitative estimate of drug-likeness (QED) is 0.0794. The summed E-state index contributed by atoms with van der Waals surface area (Å²) < 4.78 is 20.2. The second-order valence-corrected chi connectivity index (χ2v) is 37.0. The molecule has 0 bridgehead atoms. The van der Waals surface area contributed by atoms with Crippen LogP contribution in [-0.2, 0) is 0 Å². The number of rotatable bonds is 19. The summed E-state index contributed by atoms with van der Waals surface area (Å²) >= 11 is 5.57. The Morgan fingerprint density at radius 1 is 0.148 bits per heavy atom. The van der Waals surface area contributed by atoms with Crippen LogP contribution in [0.25, 0.3) is 126 Å². The van der Waals surface area contributed by atoms with Crippen LogP contribution in [0.2, 0.25) is 0 Å². The molecule has 0 spiro atoms. The van der Waals surface area contributed by atoms with E-state index >= 15 is 0 Å². The number of thiophene rings is 3. The molecule has 0 radical (unpaired) electrons. The molecular weight excluding hydrogens is 1700 g/mol. The fourth-order valence-corrected chi connectivity index (χ4v) is 23.3. The van der Waals surface area contributed by atoms with Gasteiger partial charge in [0.25, 0.3) is 0 Å². The Morgan fingerprint density at radius 2 is 0.459 bits per heavy atom. The minimum Gasteiger partial charge on any atom is -0.456 e. The van der Waals surface area contributed by atoms with Gasteiger partial charge in [0.2, 0.25) is 0 Å². The fraction of sp³-hybridized carbons (Fsp3) is 0. The lowest BCUT2D eigenvalue weighted by Gasteiger charge is -2.29. The summed E-state index contributed by atoms with van der Waals surface area (Å²) in [5.41, 5.74) is 25.5. The van der Waals surface area contributed by atoms with E-state index in [0.29, 0.717) is 0 Å². The first-order chi connectivity index (χ1) is 66.9. The van der Waals surface area contributed by atoms with Crippen LogP contribution < -0.4 is 29.4 Å². The van der Waals surface area contributed by atoms with Gasteiger partial charge < -0.3 is 38.2 Å². The van der Waals surface area contributed by atoms with Gasteiger partial charge in [-0.1, -0.05) is 273 Å². The number of para-hydroxylation sites is 7. The van der Waals surface area contributed by atoms with Crippen molar-refractivity contribution in [3.8, 4) is 11.1 Å². The summed E-state index contributed by atoms with van der Waals surface area (Å²) in [5.74, 6) is 0. The maximum atomic E-state index is 6.39. The Kier molecular flexibility index (Phi) is 20.4. The Bertz CT molecular complexity index is 8830. The Hall–Kier alpha value is -17.1. The highest BCUT2D eigenvalue weighted by Gasteiger charge is 2.28. The topological polar surface area (TPSA) is 45.7 Å². The molecule has 0 atom stereocenters. The molecule has 0 saturated carbocycles. The van der Waals surface area contributed by atoms with Crippen LogP contribution in [0.15, 0.2) is 506 Å². The van der Waals surface area contributed by atoms with E-state index in [9.17, 15) is 0 Å². The van der Waals surface area contributed by atoms with Crippen LogP contribution in [-0.4, -0.2) is 0 Å². The number of benzene rings is 21. The van der Waals surface area contributed by atoms with Gasteiger partial charge in [0.05, 0.1) is 32.1 Å². The molecule has 0 fully saturated rings. The molecule has 0 aliphatic rings. The fourth-order valence-electron chi connectivity index (χ4n) is 19.7. The van der Waals surface area contributed by atoms with Gasteiger partial charge in [-0.2, -0.15) is 0 Å². The lowest BCUT2D eigenvalue weighted by atomic mass is 10.0. The minimum absolute atomic E-state index is 0.856. The van der Waals surface area contributed by atoms with E-state index in [0.717, 1.165) is 146 Å². The summed E-state index contributed by atoms with van der Waals surface area (Å²) in [6.45, 7) is 0. The van der Waals surface area contributed by atoms with Crippen molar-refractivity contribution in [1.82, 2.24) is 0 Å². The predicted octanol–water partition coefficient (Wildman–Crippen LogP) is 37.9. The number of anilines is 18. The number of hydrogen-bond donors (Lipinski definition) is 0. The lowest BCUT2D eigenvalue weighted by molar-refractivity contribution is 0.668. The van der Waals surface area contributed by atoms with Crippen LogP contribution in [0.3, 0.4) is 0 Å². The summed E-state index contributed by atoms with van der Waals surface area (Å²) in [6, 6.07) is 179. The largest absolute Gasteiger partial charge is 0.456 e. The van der Waals surface area contributed by atoms with Crippen LogP contribution in [0, 0.1) is 0 Å². The van der Waals surface area contributed by atoms with Crippen molar-refractivity contribution in [3.05, 3.63) is 497 Å². The van der Waals surface area contributed by atoms with Crippen molar-refractivity contribution in [2.24, 2.45) is 0 Å². The van der Waals surface area contributed by atoms with Crippen LogP contribution in [0.1, 0.15) is 0 Å². The molecule has 0 aliphatic heterocycles. The van der Waals surface area contributed by atoms with Crippen LogP contribution >= 0.6 is 34.0 Å². The summed E-state index contributed by atoms with van der Waals surface area (Å²) in [7, 11) is 0. The highest BCUT2D eigenvalue weighted by atomic mass is 32.1. The SMILES string of the molecule is c1ccc(-c2ccc(N(c3cccc(N(c4ccc5c(c4)sc4cccc(N(c6ccccc6)c6ccccc6)c45)c4ccc5oc6ccccc6c5c4)c3)c3ccc4oc5ccccc5c4c3)cc2)cc1.c1ccc(N(c2ccccc2)c2ccc(N(c3cccc4c3sc3ccccc34)c3cccc4c3sc3cc(N(c5ccccc5)c5cccc6ccccc56)ccc34)cc2)cc1. The molecule has 21 aromatic carbocycles. The first-order valence-corrected chi connectivity index (χ1v) is 47.9. The molecule has 11 heteroatoms. The molecule has 8 nitrogen and oxygen atoms in total. The standard InChI is InChI=1S/C66H43N3O2S.C58H39N3S2/c1-4-16-44(17-5-1)45-30-32-48(33-31-45)67(51-35-38-62-57(41-51)54-24-10-12-27-60(54)70-62)49-22-14-23-50(40-49)68(52-36-39-63-58(42-52)55-25-11-13-28-61(55)71-63)53-34-37-56-65(43-53)72-64-29-15-26-59(66(56)64)69(46-18-6-2-7-19-46)47-20-8-3-9-21-47;1-4-19-41(20-5-1)59(42-21-6-2-7-22-42)44-33-35-45(36-34-44)61(53-30-15-27-50-48-26-12-13-32-55(48)62-57(50)53)54-31-16-28-51-49-38-37-46(39-56(49)63-58(51)54)60(43-23-8-3-9-24-43)52-29-14-18-40-17-10-11-25-47(40)52/h1-43H;1-39H. The second kappa shape index (κ2) is 34.3. The molecule has 26 rings (SSSR count). The minimum atomic E-state index is 0.856. The summed E-state index contributed by atoms with van der Waals surface area (Å²) in [4.78, 5) is 14.3. The first kappa shape index (κ1) is 80.1. The predicted molar refractivity (Wildman–Crippen MR) is 577 cm³/mol.